The van der Waals surface area contributed by atoms with Gasteiger partial charge in [0.2, 0.25) is 0 Å². The first-order chi connectivity index (χ1) is 13.3. The Bertz CT molecular complexity index is 609. The van der Waals surface area contributed by atoms with Crippen molar-refractivity contribution < 1.29 is 0 Å². The highest BCUT2D eigenvalue weighted by Gasteiger charge is 2.41. The maximum Gasteiger partial charge on any atom is 0.0318 e. The molecule has 0 radical (unpaired) electrons. The first-order valence-corrected chi connectivity index (χ1v) is 13.5. The van der Waals surface area contributed by atoms with Crippen molar-refractivity contribution in [2.75, 3.05) is 6.54 Å². The lowest BCUT2D eigenvalue weighted by Gasteiger charge is -2.42. The Labute approximate surface area is 169 Å². The standard InChI is InChI=1S/C24H35NP2/c1-4-7-20-25(26-21(5-2)18-19-22(26)6-3)27(23-14-10-8-11-15-23)24-16-12-9-13-17-24/h8-17,21-22H,4-7,18-20H2,1-3H3/t21-,22+,26?. The Morgan fingerprint density at radius 2 is 1.30 bits per heavy atom. The van der Waals surface area contributed by atoms with Crippen LogP contribution in [0, 0.1) is 0 Å². The molecule has 146 valence electrons. The quantitative estimate of drug-likeness (QED) is 0.415. The SMILES string of the molecule is CCCCN(P(c1ccccc1)c1ccccc1)P1[C@H](CC)CC[C@@H]1CC. The molecule has 3 heteroatoms. The highest BCUT2D eigenvalue weighted by atomic mass is 31.2. The summed E-state index contributed by atoms with van der Waals surface area (Å²) in [4.78, 5) is 0. The van der Waals surface area contributed by atoms with Gasteiger partial charge >= 0.3 is 0 Å². The molecular formula is C24H35NP2. The largest absolute Gasteiger partial charge is 0.252 e. The number of nitrogens with zero attached hydrogens (tertiary/aromatic N) is 1. The van der Waals surface area contributed by atoms with E-state index in [2.05, 4.69) is 85.9 Å². The van der Waals surface area contributed by atoms with Crippen LogP contribution in [0.1, 0.15) is 59.3 Å². The Kier molecular flexibility index (Phi) is 8.32. The molecule has 1 aliphatic rings. The highest BCUT2D eigenvalue weighted by molar-refractivity contribution is 7.79. The zero-order valence-corrected chi connectivity index (χ0v) is 19.0. The van der Waals surface area contributed by atoms with Crippen LogP contribution >= 0.6 is 16.1 Å². The van der Waals surface area contributed by atoms with Crippen LogP contribution in [0.3, 0.4) is 0 Å². The fourth-order valence-electron chi connectivity index (χ4n) is 4.28. The third-order valence-corrected chi connectivity index (χ3v) is 12.6. The summed E-state index contributed by atoms with van der Waals surface area (Å²) in [6.45, 7) is 8.43. The van der Waals surface area contributed by atoms with Gasteiger partial charge in [0.15, 0.2) is 0 Å². The smallest absolute Gasteiger partial charge is 0.0318 e. The van der Waals surface area contributed by atoms with Gasteiger partial charge in [-0.3, -0.25) is 4.44 Å². The van der Waals surface area contributed by atoms with Crippen molar-refractivity contribution >= 4 is 26.8 Å². The molecule has 27 heavy (non-hydrogen) atoms. The Hall–Kier alpha value is -0.740. The predicted octanol–water partition coefficient (Wildman–Crippen LogP) is 6.88. The van der Waals surface area contributed by atoms with Crippen LogP contribution in [0.2, 0.25) is 0 Å². The normalized spacial score (nSPS) is 22.6. The van der Waals surface area contributed by atoms with Crippen molar-refractivity contribution in [1.82, 2.24) is 4.44 Å². The molecule has 0 saturated carbocycles. The molecule has 1 saturated heterocycles. The molecule has 0 aromatic heterocycles. The van der Waals surface area contributed by atoms with Crippen LogP contribution < -0.4 is 10.6 Å². The lowest BCUT2D eigenvalue weighted by atomic mass is 10.1. The van der Waals surface area contributed by atoms with Crippen molar-refractivity contribution in [3.05, 3.63) is 60.7 Å². The highest BCUT2D eigenvalue weighted by Crippen LogP contribution is 2.67. The van der Waals surface area contributed by atoms with Gasteiger partial charge in [-0.2, -0.15) is 0 Å². The number of rotatable bonds is 9. The van der Waals surface area contributed by atoms with Gasteiger partial charge in [-0.05, 0) is 62.1 Å². The molecule has 3 atom stereocenters. The number of hydrogen-bond donors (Lipinski definition) is 0. The Morgan fingerprint density at radius 1 is 0.815 bits per heavy atom. The molecule has 2 aromatic rings. The van der Waals surface area contributed by atoms with E-state index in [1.54, 1.807) is 0 Å². The molecule has 2 aromatic carbocycles. The Balaban J connectivity index is 2.05. The van der Waals surface area contributed by atoms with Gasteiger partial charge in [-0.25, -0.2) is 0 Å². The van der Waals surface area contributed by atoms with E-state index in [1.165, 1.54) is 55.7 Å². The van der Waals surface area contributed by atoms with E-state index in [0.29, 0.717) is 0 Å². The van der Waals surface area contributed by atoms with Crippen LogP contribution in [0.4, 0.5) is 0 Å². The summed E-state index contributed by atoms with van der Waals surface area (Å²) in [5.41, 5.74) is 1.83. The lowest BCUT2D eigenvalue weighted by molar-refractivity contribution is 0.627. The van der Waals surface area contributed by atoms with Gasteiger partial charge < -0.3 is 0 Å². The van der Waals surface area contributed by atoms with Gasteiger partial charge in [-0.1, -0.05) is 87.9 Å². The van der Waals surface area contributed by atoms with Crippen molar-refractivity contribution in [2.45, 2.75) is 70.6 Å². The molecule has 0 amide bonds. The molecule has 0 spiro atoms. The maximum absolute atomic E-state index is 3.02. The molecule has 3 rings (SSSR count). The molecule has 1 nitrogen and oxygen atoms in total. The summed E-state index contributed by atoms with van der Waals surface area (Å²) in [5.74, 6) is 0. The third kappa shape index (κ3) is 5.00. The van der Waals surface area contributed by atoms with Gasteiger partial charge in [0.25, 0.3) is 0 Å². The zero-order chi connectivity index (χ0) is 19.1. The summed E-state index contributed by atoms with van der Waals surface area (Å²) >= 11 is 0. The van der Waals surface area contributed by atoms with Crippen molar-refractivity contribution in [3.63, 3.8) is 0 Å². The Morgan fingerprint density at radius 3 is 1.70 bits per heavy atom. The molecule has 0 aliphatic carbocycles. The predicted molar refractivity (Wildman–Crippen MR) is 125 cm³/mol. The van der Waals surface area contributed by atoms with Crippen molar-refractivity contribution in [1.29, 1.82) is 0 Å². The van der Waals surface area contributed by atoms with E-state index in [4.69, 9.17) is 0 Å². The van der Waals surface area contributed by atoms with E-state index < -0.39 is 8.07 Å². The monoisotopic (exact) mass is 399 g/mol. The summed E-state index contributed by atoms with van der Waals surface area (Å²) in [6, 6.07) is 22.7. The van der Waals surface area contributed by atoms with Crippen LogP contribution in [-0.4, -0.2) is 22.3 Å². The summed E-state index contributed by atoms with van der Waals surface area (Å²) < 4.78 is 3.02. The molecule has 0 bridgehead atoms. The van der Waals surface area contributed by atoms with E-state index in [9.17, 15) is 0 Å². The van der Waals surface area contributed by atoms with Crippen molar-refractivity contribution in [2.24, 2.45) is 0 Å². The molecular weight excluding hydrogens is 364 g/mol. The van der Waals surface area contributed by atoms with Crippen LogP contribution in [0.5, 0.6) is 0 Å². The third-order valence-electron chi connectivity index (χ3n) is 5.73. The van der Waals surface area contributed by atoms with Crippen LogP contribution in [0.25, 0.3) is 0 Å². The molecule has 1 fully saturated rings. The van der Waals surface area contributed by atoms with Gasteiger partial charge in [0.1, 0.15) is 0 Å². The van der Waals surface area contributed by atoms with Crippen LogP contribution in [0.15, 0.2) is 60.7 Å². The van der Waals surface area contributed by atoms with E-state index >= 15 is 0 Å². The average molecular weight is 399 g/mol. The van der Waals surface area contributed by atoms with E-state index in [1.807, 2.05) is 0 Å². The summed E-state index contributed by atoms with van der Waals surface area (Å²) in [7, 11) is -0.511. The summed E-state index contributed by atoms with van der Waals surface area (Å²) in [6.07, 6.45) is 8.16. The lowest BCUT2D eigenvalue weighted by Crippen LogP contribution is -2.29. The second-order valence-electron chi connectivity index (χ2n) is 7.51. The minimum absolute atomic E-state index is 0.0717. The number of hydrogen-bond acceptors (Lipinski definition) is 1. The topological polar surface area (TPSA) is 3.24 Å². The minimum atomic E-state index is -0.439. The van der Waals surface area contributed by atoms with Crippen LogP contribution in [-0.2, 0) is 0 Å². The second-order valence-corrected chi connectivity index (χ2v) is 12.7. The van der Waals surface area contributed by atoms with E-state index in [-0.39, 0.29) is 8.07 Å². The second kappa shape index (κ2) is 10.7. The minimum Gasteiger partial charge on any atom is -0.252 e. The fourth-order valence-corrected chi connectivity index (χ4v) is 12.0. The zero-order valence-electron chi connectivity index (χ0n) is 17.2. The average Bonchev–Trinajstić information content (AvgIpc) is 3.15. The summed E-state index contributed by atoms with van der Waals surface area (Å²) in [5, 5.41) is 3.04. The maximum atomic E-state index is 3.02. The molecule has 1 aliphatic heterocycles. The van der Waals surface area contributed by atoms with E-state index in [0.717, 1.165) is 11.3 Å². The number of unbranched alkanes of at least 4 members (excludes halogenated alkanes) is 1. The molecule has 0 N–H and O–H groups in total. The fraction of sp³-hybridized carbons (Fsp3) is 0.500. The first kappa shape index (κ1) is 21.0. The van der Waals surface area contributed by atoms with Gasteiger partial charge in [0.05, 0.1) is 0 Å². The van der Waals surface area contributed by atoms with Crippen molar-refractivity contribution in [3.8, 4) is 0 Å². The van der Waals surface area contributed by atoms with Gasteiger partial charge in [0, 0.05) is 14.6 Å². The first-order valence-electron chi connectivity index (χ1n) is 10.8. The molecule has 1 unspecified atom stereocenters. The molecule has 1 heterocycles. The number of benzene rings is 2. The van der Waals surface area contributed by atoms with Gasteiger partial charge in [-0.15, -0.1) is 0 Å².